The molecule has 0 radical (unpaired) electrons. The van der Waals surface area contributed by atoms with Crippen LogP contribution in [0.4, 0.5) is 11.4 Å². The van der Waals surface area contributed by atoms with E-state index >= 15 is 0 Å². The molecule has 3 aliphatic rings. The zero-order valence-electron chi connectivity index (χ0n) is 33.4. The molecule has 1 aromatic heterocycles. The van der Waals surface area contributed by atoms with Crippen molar-refractivity contribution in [1.29, 1.82) is 0 Å². The molecule has 0 N–H and O–H groups in total. The number of aromatic nitrogens is 1. The molecule has 0 spiro atoms. The van der Waals surface area contributed by atoms with Gasteiger partial charge in [-0.2, -0.15) is 0 Å². The summed E-state index contributed by atoms with van der Waals surface area (Å²) in [4.78, 5) is 2.30. The zero-order valence-corrected chi connectivity index (χ0v) is 33.4. The summed E-state index contributed by atoms with van der Waals surface area (Å²) in [6.45, 7) is 8.53. The molecule has 2 aliphatic carbocycles. The van der Waals surface area contributed by atoms with Gasteiger partial charge in [-0.15, -0.1) is 0 Å². The first-order valence-corrected chi connectivity index (χ1v) is 20.7. The van der Waals surface area contributed by atoms with Crippen LogP contribution in [0.25, 0.3) is 56.1 Å². The van der Waals surface area contributed by atoms with Crippen LogP contribution in [0, 0.1) is 0 Å². The van der Waals surface area contributed by atoms with Crippen molar-refractivity contribution in [3.63, 3.8) is 0 Å². The SMILES string of the molecule is C=C1/C=C\C=C/N(c2cccc(C3=CC=CCC3)c2)c2ccc(-c3ccc4c(c3)c3c(n4-c4ccccc4)CC(c4ccc(-c5ccccc5)cc4)C=C3)cc21.CC. The van der Waals surface area contributed by atoms with E-state index in [0.717, 1.165) is 41.8 Å². The fraction of sp³-hybridized carbons (Fsp3) is 0.107. The van der Waals surface area contributed by atoms with Gasteiger partial charge in [0.2, 0.25) is 0 Å². The summed E-state index contributed by atoms with van der Waals surface area (Å²) in [6.07, 6.45) is 23.0. The third-order valence-corrected chi connectivity index (χ3v) is 11.6. The van der Waals surface area contributed by atoms with E-state index in [1.807, 2.05) is 13.8 Å². The highest BCUT2D eigenvalue weighted by Gasteiger charge is 2.25. The largest absolute Gasteiger partial charge is 0.317 e. The monoisotopic (exact) mass is 748 g/mol. The van der Waals surface area contributed by atoms with Crippen molar-refractivity contribution in [3.05, 3.63) is 229 Å². The van der Waals surface area contributed by atoms with Crippen LogP contribution < -0.4 is 4.90 Å². The van der Waals surface area contributed by atoms with Crippen LogP contribution in [-0.4, -0.2) is 4.57 Å². The van der Waals surface area contributed by atoms with Gasteiger partial charge in [0.05, 0.1) is 11.2 Å². The van der Waals surface area contributed by atoms with E-state index in [1.165, 1.54) is 66.8 Å². The van der Waals surface area contributed by atoms with Crippen LogP contribution in [-0.2, 0) is 6.42 Å². The summed E-state index contributed by atoms with van der Waals surface area (Å²) in [7, 11) is 0. The standard InChI is InChI=1S/C54H42N2.C2H6/c1-38-14-11-12-33-55(48-22-13-19-43(34-48)40-17-7-3-8-18-40)52-31-28-44(35-50(38)52)45-29-32-53-51(36-45)49-30-27-46(37-54(49)56(53)47-20-9-4-10-21-47)42-25-23-41(24-26-42)39-15-5-2-6-16-39;1-2/h2-7,9-17,19-36,46H,1,8,18,37H2;1-2H3/b14-11-,33-12-;. The Bertz CT molecular complexity index is 2770. The van der Waals surface area contributed by atoms with Crippen molar-refractivity contribution >= 4 is 39.5 Å². The fourth-order valence-corrected chi connectivity index (χ4v) is 8.66. The number of anilines is 2. The highest BCUT2D eigenvalue weighted by atomic mass is 15.1. The van der Waals surface area contributed by atoms with Crippen LogP contribution in [0.15, 0.2) is 201 Å². The molecular formula is C56H48N2. The topological polar surface area (TPSA) is 8.17 Å². The second-order valence-corrected chi connectivity index (χ2v) is 15.0. The quantitative estimate of drug-likeness (QED) is 0.164. The van der Waals surface area contributed by atoms with Gasteiger partial charge in [-0.05, 0) is 118 Å². The number of hydrogen-bond acceptors (Lipinski definition) is 1. The van der Waals surface area contributed by atoms with Gasteiger partial charge >= 0.3 is 0 Å². The number of fused-ring (bicyclic) bond motifs is 4. The van der Waals surface area contributed by atoms with Gasteiger partial charge in [0, 0.05) is 45.7 Å². The summed E-state index contributed by atoms with van der Waals surface area (Å²) in [6, 6.07) is 53.3. The molecule has 6 aromatic carbocycles. The molecule has 1 aliphatic heterocycles. The van der Waals surface area contributed by atoms with Crippen molar-refractivity contribution < 1.29 is 0 Å². The Morgan fingerprint density at radius 3 is 2.10 bits per heavy atom. The third kappa shape index (κ3) is 7.03. The lowest BCUT2D eigenvalue weighted by molar-refractivity contribution is 0.783. The van der Waals surface area contributed by atoms with Gasteiger partial charge in [-0.25, -0.2) is 0 Å². The van der Waals surface area contributed by atoms with Gasteiger partial charge in [-0.3, -0.25) is 0 Å². The molecule has 0 saturated heterocycles. The first kappa shape index (κ1) is 36.7. The van der Waals surface area contributed by atoms with E-state index in [0.29, 0.717) is 5.92 Å². The smallest absolute Gasteiger partial charge is 0.0538 e. The molecule has 7 aromatic rings. The molecule has 10 rings (SSSR count). The number of hydrogen-bond donors (Lipinski definition) is 0. The second-order valence-electron chi connectivity index (χ2n) is 15.0. The van der Waals surface area contributed by atoms with Crippen molar-refractivity contribution in [1.82, 2.24) is 4.57 Å². The van der Waals surface area contributed by atoms with Gasteiger partial charge in [0.1, 0.15) is 0 Å². The zero-order chi connectivity index (χ0) is 39.4. The van der Waals surface area contributed by atoms with Gasteiger partial charge in [0.25, 0.3) is 0 Å². The van der Waals surface area contributed by atoms with Crippen molar-refractivity contribution in [2.75, 3.05) is 4.90 Å². The molecule has 0 amide bonds. The maximum absolute atomic E-state index is 4.53. The molecule has 58 heavy (non-hydrogen) atoms. The fourth-order valence-electron chi connectivity index (χ4n) is 8.66. The van der Waals surface area contributed by atoms with Crippen LogP contribution in [0.5, 0.6) is 0 Å². The van der Waals surface area contributed by atoms with Crippen molar-refractivity contribution in [3.8, 4) is 27.9 Å². The average Bonchev–Trinajstić information content (AvgIpc) is 3.63. The van der Waals surface area contributed by atoms with E-state index in [-0.39, 0.29) is 0 Å². The van der Waals surface area contributed by atoms with Crippen molar-refractivity contribution in [2.24, 2.45) is 0 Å². The van der Waals surface area contributed by atoms with E-state index in [4.69, 9.17) is 0 Å². The van der Waals surface area contributed by atoms with Gasteiger partial charge in [0.15, 0.2) is 0 Å². The van der Waals surface area contributed by atoms with Gasteiger partial charge in [-0.1, -0.05) is 160 Å². The predicted octanol–water partition coefficient (Wildman–Crippen LogP) is 15.3. The number of para-hydroxylation sites is 1. The highest BCUT2D eigenvalue weighted by molar-refractivity contribution is 5.97. The minimum atomic E-state index is 0.292. The number of benzene rings is 6. The molecule has 2 heterocycles. The Kier molecular flexibility index (Phi) is 10.3. The first-order chi connectivity index (χ1) is 28.7. The Morgan fingerprint density at radius 1 is 0.603 bits per heavy atom. The minimum absolute atomic E-state index is 0.292. The Morgan fingerprint density at radius 2 is 1.31 bits per heavy atom. The van der Waals surface area contributed by atoms with E-state index in [9.17, 15) is 0 Å². The molecule has 0 saturated carbocycles. The second kappa shape index (κ2) is 16.3. The minimum Gasteiger partial charge on any atom is -0.317 e. The van der Waals surface area contributed by atoms with Crippen LogP contribution in [0.3, 0.4) is 0 Å². The molecule has 2 nitrogen and oxygen atoms in total. The summed E-state index contributed by atoms with van der Waals surface area (Å²) in [5.74, 6) is 0.292. The molecular weight excluding hydrogens is 701 g/mol. The average molecular weight is 749 g/mol. The normalized spacial score (nSPS) is 16.7. The van der Waals surface area contributed by atoms with Gasteiger partial charge < -0.3 is 9.47 Å². The van der Waals surface area contributed by atoms with E-state index < -0.39 is 0 Å². The summed E-state index contributed by atoms with van der Waals surface area (Å²) < 4.78 is 2.48. The summed E-state index contributed by atoms with van der Waals surface area (Å²) >= 11 is 0. The molecule has 282 valence electrons. The molecule has 0 bridgehead atoms. The number of nitrogens with zero attached hydrogens (tertiary/aromatic N) is 2. The third-order valence-electron chi connectivity index (χ3n) is 11.6. The lowest BCUT2D eigenvalue weighted by Gasteiger charge is -2.26. The maximum Gasteiger partial charge on any atom is 0.0538 e. The van der Waals surface area contributed by atoms with E-state index in [1.54, 1.807) is 0 Å². The Labute approximate surface area is 343 Å². The number of allylic oxidation sites excluding steroid dienone is 9. The Hall–Kier alpha value is -6.90. The highest BCUT2D eigenvalue weighted by Crippen LogP contribution is 2.42. The van der Waals surface area contributed by atoms with Crippen LogP contribution in [0.1, 0.15) is 60.6 Å². The molecule has 0 fully saturated rings. The predicted molar refractivity (Wildman–Crippen MR) is 250 cm³/mol. The lowest BCUT2D eigenvalue weighted by atomic mass is 9.87. The van der Waals surface area contributed by atoms with Crippen LogP contribution in [0.2, 0.25) is 0 Å². The molecule has 1 unspecified atom stereocenters. The maximum atomic E-state index is 4.53. The van der Waals surface area contributed by atoms with Crippen molar-refractivity contribution in [2.45, 2.75) is 39.0 Å². The molecule has 2 heteroatoms. The lowest BCUT2D eigenvalue weighted by Crippen LogP contribution is -2.11. The summed E-state index contributed by atoms with van der Waals surface area (Å²) in [5, 5.41) is 1.27. The van der Waals surface area contributed by atoms with E-state index in [2.05, 4.69) is 216 Å². The van der Waals surface area contributed by atoms with Crippen LogP contribution >= 0.6 is 0 Å². The molecule has 1 atom stereocenters. The first-order valence-electron chi connectivity index (χ1n) is 20.7. The summed E-state index contributed by atoms with van der Waals surface area (Å²) in [5.41, 5.74) is 18.3. The Balaban J connectivity index is 0.00000215. The number of rotatable bonds is 6.